The number of ether oxygens (including phenoxy) is 1. The third kappa shape index (κ3) is 3.08. The predicted octanol–water partition coefficient (Wildman–Crippen LogP) is 2.04. The van der Waals surface area contributed by atoms with E-state index in [0.717, 1.165) is 5.56 Å². The lowest BCUT2D eigenvalue weighted by molar-refractivity contribution is 0.269. The molecular formula is C13H17FN4O. The van der Waals surface area contributed by atoms with Crippen molar-refractivity contribution in [1.82, 2.24) is 14.8 Å². The van der Waals surface area contributed by atoms with Crippen LogP contribution in [0.4, 0.5) is 4.39 Å². The van der Waals surface area contributed by atoms with E-state index in [9.17, 15) is 4.39 Å². The molecule has 2 rings (SSSR count). The van der Waals surface area contributed by atoms with E-state index in [-0.39, 0.29) is 18.4 Å². The van der Waals surface area contributed by atoms with Gasteiger partial charge < -0.3 is 10.5 Å². The fourth-order valence-corrected chi connectivity index (χ4v) is 1.74. The van der Waals surface area contributed by atoms with E-state index in [4.69, 9.17) is 10.5 Å². The quantitative estimate of drug-likeness (QED) is 0.897. The van der Waals surface area contributed by atoms with Crippen molar-refractivity contribution >= 4 is 0 Å². The summed E-state index contributed by atoms with van der Waals surface area (Å²) < 4.78 is 20.9. The molecule has 5 nitrogen and oxygen atoms in total. The molecule has 6 heteroatoms. The summed E-state index contributed by atoms with van der Waals surface area (Å²) in [7, 11) is 0. The highest BCUT2D eigenvalue weighted by atomic mass is 19.1. The van der Waals surface area contributed by atoms with E-state index in [1.165, 1.54) is 12.4 Å². The molecule has 2 aromatic rings. The van der Waals surface area contributed by atoms with Crippen molar-refractivity contribution in [1.29, 1.82) is 0 Å². The Kier molecular flexibility index (Phi) is 4.11. The number of hydrogen-bond acceptors (Lipinski definition) is 4. The van der Waals surface area contributed by atoms with Gasteiger partial charge in [-0.1, -0.05) is 6.07 Å². The Morgan fingerprint density at radius 1 is 1.42 bits per heavy atom. The van der Waals surface area contributed by atoms with Crippen LogP contribution in [0.15, 0.2) is 24.5 Å². The minimum atomic E-state index is -0.418. The first-order valence-corrected chi connectivity index (χ1v) is 6.11. The second-order valence-electron chi connectivity index (χ2n) is 4.47. The molecule has 102 valence electrons. The summed E-state index contributed by atoms with van der Waals surface area (Å²) in [6, 6.07) is 4.88. The van der Waals surface area contributed by atoms with Gasteiger partial charge >= 0.3 is 0 Å². The van der Waals surface area contributed by atoms with Gasteiger partial charge in [0, 0.05) is 12.6 Å². The summed E-state index contributed by atoms with van der Waals surface area (Å²) in [6.45, 7) is 4.47. The lowest BCUT2D eigenvalue weighted by Gasteiger charge is -2.11. The number of hydrogen-bond donors (Lipinski definition) is 1. The number of nitrogens with zero attached hydrogens (tertiary/aromatic N) is 3. The van der Waals surface area contributed by atoms with Crippen molar-refractivity contribution in [3.05, 3.63) is 41.7 Å². The van der Waals surface area contributed by atoms with Crippen LogP contribution >= 0.6 is 0 Å². The van der Waals surface area contributed by atoms with Gasteiger partial charge in [-0.25, -0.2) is 14.1 Å². The number of halogens is 1. The first kappa shape index (κ1) is 13.5. The Labute approximate surface area is 111 Å². The van der Waals surface area contributed by atoms with Crippen LogP contribution in [0.3, 0.4) is 0 Å². The Hall–Kier alpha value is -1.95. The fourth-order valence-electron chi connectivity index (χ4n) is 1.74. The van der Waals surface area contributed by atoms with E-state index in [2.05, 4.69) is 10.1 Å². The van der Waals surface area contributed by atoms with Crippen molar-refractivity contribution in [2.45, 2.75) is 33.0 Å². The SMILES string of the molecule is CC(C)n1ncnc1COc1ccc(CN)cc1F. The molecule has 1 aromatic heterocycles. The van der Waals surface area contributed by atoms with Crippen molar-refractivity contribution in [3.63, 3.8) is 0 Å². The van der Waals surface area contributed by atoms with Crippen molar-refractivity contribution in [3.8, 4) is 5.75 Å². The van der Waals surface area contributed by atoms with Gasteiger partial charge in [-0.3, -0.25) is 0 Å². The van der Waals surface area contributed by atoms with Gasteiger partial charge in [-0.05, 0) is 31.5 Å². The number of rotatable bonds is 5. The van der Waals surface area contributed by atoms with Gasteiger partial charge in [0.2, 0.25) is 0 Å². The number of nitrogens with two attached hydrogens (primary N) is 1. The van der Waals surface area contributed by atoms with Crippen LogP contribution in [0.2, 0.25) is 0 Å². The zero-order valence-electron chi connectivity index (χ0n) is 11.0. The monoisotopic (exact) mass is 264 g/mol. The largest absolute Gasteiger partial charge is 0.483 e. The molecule has 2 N–H and O–H groups in total. The van der Waals surface area contributed by atoms with Gasteiger partial charge in [0.15, 0.2) is 17.4 Å². The fraction of sp³-hybridized carbons (Fsp3) is 0.385. The van der Waals surface area contributed by atoms with E-state index in [0.29, 0.717) is 12.4 Å². The third-order valence-electron chi connectivity index (χ3n) is 2.73. The molecule has 19 heavy (non-hydrogen) atoms. The Bertz CT molecular complexity index is 553. The minimum Gasteiger partial charge on any atom is -0.483 e. The molecule has 0 radical (unpaired) electrons. The molecule has 0 amide bonds. The van der Waals surface area contributed by atoms with Crippen LogP contribution in [0, 0.1) is 5.82 Å². The summed E-state index contributed by atoms with van der Waals surface area (Å²) in [5.74, 6) is 0.436. The van der Waals surface area contributed by atoms with Gasteiger partial charge in [0.1, 0.15) is 12.9 Å². The summed E-state index contributed by atoms with van der Waals surface area (Å²) in [5, 5.41) is 4.09. The summed E-state index contributed by atoms with van der Waals surface area (Å²) >= 11 is 0. The van der Waals surface area contributed by atoms with Crippen LogP contribution < -0.4 is 10.5 Å². The maximum Gasteiger partial charge on any atom is 0.165 e. The van der Waals surface area contributed by atoms with Crippen LogP contribution in [0.5, 0.6) is 5.75 Å². The molecule has 0 fully saturated rings. The average Bonchev–Trinajstić information content (AvgIpc) is 2.85. The van der Waals surface area contributed by atoms with Crippen molar-refractivity contribution < 1.29 is 9.13 Å². The van der Waals surface area contributed by atoms with Gasteiger partial charge in [-0.15, -0.1) is 0 Å². The van der Waals surface area contributed by atoms with Gasteiger partial charge in [0.25, 0.3) is 0 Å². The van der Waals surface area contributed by atoms with Crippen LogP contribution in [0.25, 0.3) is 0 Å². The van der Waals surface area contributed by atoms with Crippen molar-refractivity contribution in [2.24, 2.45) is 5.73 Å². The second-order valence-corrected chi connectivity index (χ2v) is 4.47. The number of aromatic nitrogens is 3. The van der Waals surface area contributed by atoms with Crippen molar-refractivity contribution in [2.75, 3.05) is 0 Å². The van der Waals surface area contributed by atoms with E-state index < -0.39 is 5.82 Å². The molecule has 0 saturated heterocycles. The van der Waals surface area contributed by atoms with E-state index in [1.807, 2.05) is 13.8 Å². The molecule has 0 unspecified atom stereocenters. The lowest BCUT2D eigenvalue weighted by Crippen LogP contribution is -2.11. The highest BCUT2D eigenvalue weighted by Crippen LogP contribution is 2.19. The standard InChI is InChI=1S/C13H17FN4O/c1-9(2)18-13(16-8-17-18)7-19-12-4-3-10(6-15)5-11(12)14/h3-5,8-9H,6-7,15H2,1-2H3. The molecule has 1 aromatic carbocycles. The molecule has 1 heterocycles. The van der Waals surface area contributed by atoms with E-state index >= 15 is 0 Å². The normalized spacial score (nSPS) is 11.0. The summed E-state index contributed by atoms with van der Waals surface area (Å²) in [6.07, 6.45) is 1.46. The van der Waals surface area contributed by atoms with Crippen LogP contribution in [-0.4, -0.2) is 14.8 Å². The zero-order chi connectivity index (χ0) is 13.8. The van der Waals surface area contributed by atoms with Gasteiger partial charge in [0.05, 0.1) is 0 Å². The molecule has 0 saturated carbocycles. The summed E-state index contributed by atoms with van der Waals surface area (Å²) in [4.78, 5) is 4.10. The zero-order valence-corrected chi connectivity index (χ0v) is 11.0. The molecule has 0 aliphatic rings. The highest BCUT2D eigenvalue weighted by Gasteiger charge is 2.10. The minimum absolute atomic E-state index is 0.178. The van der Waals surface area contributed by atoms with Gasteiger partial charge in [-0.2, -0.15) is 5.10 Å². The molecule has 0 bridgehead atoms. The molecule has 0 atom stereocenters. The second kappa shape index (κ2) is 5.79. The number of benzene rings is 1. The Morgan fingerprint density at radius 2 is 2.21 bits per heavy atom. The Morgan fingerprint density at radius 3 is 2.84 bits per heavy atom. The Balaban J connectivity index is 2.08. The summed E-state index contributed by atoms with van der Waals surface area (Å²) in [5.41, 5.74) is 6.18. The van der Waals surface area contributed by atoms with Crippen LogP contribution in [0.1, 0.15) is 31.3 Å². The maximum absolute atomic E-state index is 13.7. The third-order valence-corrected chi connectivity index (χ3v) is 2.73. The van der Waals surface area contributed by atoms with E-state index in [1.54, 1.807) is 16.8 Å². The first-order chi connectivity index (χ1) is 9.11. The topological polar surface area (TPSA) is 66.0 Å². The first-order valence-electron chi connectivity index (χ1n) is 6.11. The highest BCUT2D eigenvalue weighted by molar-refractivity contribution is 5.29. The predicted molar refractivity (Wildman–Crippen MR) is 69.0 cm³/mol. The smallest absolute Gasteiger partial charge is 0.165 e. The molecule has 0 aliphatic heterocycles. The average molecular weight is 264 g/mol. The van der Waals surface area contributed by atoms with Crippen LogP contribution in [-0.2, 0) is 13.2 Å². The maximum atomic E-state index is 13.7. The lowest BCUT2D eigenvalue weighted by atomic mass is 10.2. The molecular weight excluding hydrogens is 247 g/mol. The molecule has 0 aliphatic carbocycles. The molecule has 0 spiro atoms.